The summed E-state index contributed by atoms with van der Waals surface area (Å²) in [4.78, 5) is 26.4. The fraction of sp³-hybridized carbons (Fsp3) is 0.520. The van der Waals surface area contributed by atoms with Crippen LogP contribution in [0.5, 0.6) is 0 Å². The third-order valence-electron chi connectivity index (χ3n) is 8.34. The number of anilines is 1. The number of pyridine rings is 1. The summed E-state index contributed by atoms with van der Waals surface area (Å²) in [6.45, 7) is 3.37. The van der Waals surface area contributed by atoms with Gasteiger partial charge in [-0.1, -0.05) is 18.2 Å². The van der Waals surface area contributed by atoms with Crippen molar-refractivity contribution in [1.82, 2.24) is 15.2 Å². The van der Waals surface area contributed by atoms with E-state index in [4.69, 9.17) is 0 Å². The lowest BCUT2D eigenvalue weighted by molar-refractivity contribution is -0.0914. The van der Waals surface area contributed by atoms with Crippen LogP contribution in [0.25, 0.3) is 0 Å². The molecule has 3 N–H and O–H groups in total. The molecule has 34 heavy (non-hydrogen) atoms. The number of nitrogens with one attached hydrogen (secondary N) is 3. The Bertz CT molecular complexity index is 1200. The molecule has 4 saturated carbocycles. The molecule has 1 aromatic heterocycles. The van der Waals surface area contributed by atoms with Gasteiger partial charge in [0.25, 0.3) is 17.9 Å². The number of amides is 1. The SMILES string of the molecule is C[C@@H](NC(=O)c1cn(C23CC(C2)C3)c(=O)cc1N[C@@H]1[C@@H]2CNC[C@@H]21)c1cccc(C(F)F)c1F. The van der Waals surface area contributed by atoms with Gasteiger partial charge in [-0.25, -0.2) is 13.2 Å². The number of nitrogens with zero attached hydrogens (tertiary/aromatic N) is 1. The summed E-state index contributed by atoms with van der Waals surface area (Å²) in [6, 6.07) is 4.67. The molecule has 0 unspecified atom stereocenters. The van der Waals surface area contributed by atoms with Gasteiger partial charge in [0.15, 0.2) is 0 Å². The van der Waals surface area contributed by atoms with E-state index in [-0.39, 0.29) is 22.7 Å². The number of aromatic nitrogens is 1. The minimum absolute atomic E-state index is 0.00352. The zero-order valence-corrected chi connectivity index (χ0v) is 18.8. The fourth-order valence-corrected chi connectivity index (χ4v) is 6.17. The van der Waals surface area contributed by atoms with Crippen LogP contribution in [0, 0.1) is 23.6 Å². The predicted octanol–water partition coefficient (Wildman–Crippen LogP) is 3.55. The standard InChI is InChI=1S/C25H27F3N4O2/c1-12(14-3-2-4-15(21(14)26)23(27)28)30-24(34)18-11-32(25-6-13(7-25)8-25)20(33)5-19(18)31-22-16-9-29-10-17(16)22/h2-5,11-13,16-17,22-23,29,31H,6-10H2,1H3,(H,30,34)/t12-,13?,16-,17+,22-,25?/m1/s1. The second-order valence-electron chi connectivity index (χ2n) is 10.4. The molecular formula is C25H27F3N4O2. The lowest BCUT2D eigenvalue weighted by Gasteiger charge is -2.62. The molecule has 7 rings (SSSR count). The second-order valence-corrected chi connectivity index (χ2v) is 10.4. The molecule has 5 fully saturated rings. The summed E-state index contributed by atoms with van der Waals surface area (Å²) < 4.78 is 42.6. The minimum atomic E-state index is -2.94. The Balaban J connectivity index is 1.30. The lowest BCUT2D eigenvalue weighted by Crippen LogP contribution is -2.62. The maximum absolute atomic E-state index is 14.7. The number of hydrogen-bond acceptors (Lipinski definition) is 4. The molecule has 1 saturated heterocycles. The van der Waals surface area contributed by atoms with Crippen LogP contribution in [0.3, 0.4) is 0 Å². The molecule has 1 amide bonds. The molecule has 4 atom stereocenters. The fourth-order valence-electron chi connectivity index (χ4n) is 6.17. The van der Waals surface area contributed by atoms with Crippen LogP contribution in [0.4, 0.5) is 18.9 Å². The number of rotatable bonds is 7. The third-order valence-corrected chi connectivity index (χ3v) is 8.34. The van der Waals surface area contributed by atoms with Crippen LogP contribution in [0.2, 0.25) is 0 Å². The average molecular weight is 473 g/mol. The molecule has 2 heterocycles. The van der Waals surface area contributed by atoms with Gasteiger partial charge >= 0.3 is 0 Å². The largest absolute Gasteiger partial charge is 0.381 e. The van der Waals surface area contributed by atoms with Crippen molar-refractivity contribution in [3.05, 3.63) is 63.3 Å². The number of hydrogen-bond donors (Lipinski definition) is 3. The maximum atomic E-state index is 14.7. The Kier molecular flexibility index (Phi) is 4.85. The molecule has 1 aromatic carbocycles. The first-order valence-corrected chi connectivity index (χ1v) is 11.9. The van der Waals surface area contributed by atoms with Crippen LogP contribution >= 0.6 is 0 Å². The molecule has 2 bridgehead atoms. The normalized spacial score (nSPS) is 31.3. The Hall–Kier alpha value is -2.81. The first-order valence-electron chi connectivity index (χ1n) is 11.9. The quantitative estimate of drug-likeness (QED) is 0.576. The van der Waals surface area contributed by atoms with Gasteiger partial charge in [-0.3, -0.25) is 9.59 Å². The maximum Gasteiger partial charge on any atom is 0.266 e. The smallest absolute Gasteiger partial charge is 0.266 e. The highest BCUT2D eigenvalue weighted by atomic mass is 19.3. The van der Waals surface area contributed by atoms with E-state index in [1.165, 1.54) is 18.2 Å². The Morgan fingerprint density at radius 1 is 1.18 bits per heavy atom. The first-order chi connectivity index (χ1) is 16.3. The molecule has 5 aliphatic rings. The number of halogens is 3. The van der Waals surface area contributed by atoms with Crippen molar-refractivity contribution in [1.29, 1.82) is 0 Å². The monoisotopic (exact) mass is 472 g/mol. The summed E-state index contributed by atoms with van der Waals surface area (Å²) >= 11 is 0. The summed E-state index contributed by atoms with van der Waals surface area (Å²) in [5, 5.41) is 9.48. The topological polar surface area (TPSA) is 75.2 Å². The first kappa shape index (κ1) is 21.7. The summed E-state index contributed by atoms with van der Waals surface area (Å²) in [5.74, 6) is 0.120. The summed E-state index contributed by atoms with van der Waals surface area (Å²) in [7, 11) is 0. The molecule has 0 spiro atoms. The Morgan fingerprint density at radius 2 is 1.85 bits per heavy atom. The van der Waals surface area contributed by atoms with Crippen LogP contribution in [-0.2, 0) is 5.54 Å². The lowest BCUT2D eigenvalue weighted by atomic mass is 9.49. The average Bonchev–Trinajstić information content (AvgIpc) is 3.13. The zero-order valence-electron chi connectivity index (χ0n) is 18.8. The number of fused-ring (bicyclic) bond motifs is 1. The minimum Gasteiger partial charge on any atom is -0.381 e. The van der Waals surface area contributed by atoms with Gasteiger partial charge in [-0.05, 0) is 43.9 Å². The van der Waals surface area contributed by atoms with Crippen molar-refractivity contribution < 1.29 is 18.0 Å². The van der Waals surface area contributed by atoms with Gasteiger partial charge in [0.2, 0.25) is 0 Å². The van der Waals surface area contributed by atoms with E-state index in [0.717, 1.165) is 38.4 Å². The van der Waals surface area contributed by atoms with Crippen LogP contribution in [0.1, 0.15) is 60.1 Å². The van der Waals surface area contributed by atoms with E-state index < -0.39 is 29.8 Å². The van der Waals surface area contributed by atoms with E-state index >= 15 is 0 Å². The van der Waals surface area contributed by atoms with Gasteiger partial charge in [0, 0.05) is 42.5 Å². The van der Waals surface area contributed by atoms with Crippen LogP contribution < -0.4 is 21.5 Å². The summed E-state index contributed by atoms with van der Waals surface area (Å²) in [6.07, 6.45) is 1.52. The van der Waals surface area contributed by atoms with Gasteiger partial charge in [0.1, 0.15) is 5.82 Å². The molecule has 2 aromatic rings. The zero-order chi connectivity index (χ0) is 23.8. The summed E-state index contributed by atoms with van der Waals surface area (Å²) in [5.41, 5.74) is -0.232. The molecular weight excluding hydrogens is 445 g/mol. The molecule has 1 aliphatic heterocycles. The molecule has 6 nitrogen and oxygen atoms in total. The van der Waals surface area contributed by atoms with Crippen molar-refractivity contribution in [2.24, 2.45) is 17.8 Å². The highest BCUT2D eigenvalue weighted by Gasteiger charge is 2.58. The number of piperidine rings is 1. The molecule has 9 heteroatoms. The highest BCUT2D eigenvalue weighted by molar-refractivity contribution is 5.99. The highest BCUT2D eigenvalue weighted by Crippen LogP contribution is 2.61. The van der Waals surface area contributed by atoms with E-state index in [1.807, 2.05) is 0 Å². The molecule has 4 aliphatic carbocycles. The van der Waals surface area contributed by atoms with Gasteiger partial charge < -0.3 is 20.5 Å². The number of benzene rings is 1. The third kappa shape index (κ3) is 3.27. The van der Waals surface area contributed by atoms with Crippen molar-refractivity contribution in [2.75, 3.05) is 18.4 Å². The Labute approximate surface area is 194 Å². The number of alkyl halides is 2. The van der Waals surface area contributed by atoms with Gasteiger partial charge in [0.05, 0.1) is 22.9 Å². The van der Waals surface area contributed by atoms with Crippen molar-refractivity contribution in [3.8, 4) is 0 Å². The Morgan fingerprint density at radius 3 is 2.47 bits per heavy atom. The van der Waals surface area contributed by atoms with Crippen molar-refractivity contribution in [3.63, 3.8) is 0 Å². The van der Waals surface area contributed by atoms with Crippen molar-refractivity contribution in [2.45, 2.75) is 50.2 Å². The predicted molar refractivity (Wildman–Crippen MR) is 121 cm³/mol. The van der Waals surface area contributed by atoms with E-state index in [1.54, 1.807) is 17.7 Å². The number of carbonyl (C=O) groups is 1. The van der Waals surface area contributed by atoms with E-state index in [0.29, 0.717) is 29.0 Å². The van der Waals surface area contributed by atoms with E-state index in [2.05, 4.69) is 16.0 Å². The van der Waals surface area contributed by atoms with E-state index in [9.17, 15) is 22.8 Å². The van der Waals surface area contributed by atoms with Crippen LogP contribution in [-0.4, -0.2) is 29.6 Å². The second kappa shape index (κ2) is 7.60. The number of carbonyl (C=O) groups excluding carboxylic acids is 1. The van der Waals surface area contributed by atoms with Crippen molar-refractivity contribution >= 4 is 11.6 Å². The molecule has 180 valence electrons. The van der Waals surface area contributed by atoms with Gasteiger partial charge in [-0.2, -0.15) is 0 Å². The van der Waals surface area contributed by atoms with Gasteiger partial charge in [-0.15, -0.1) is 0 Å². The molecule has 0 radical (unpaired) electrons. The van der Waals surface area contributed by atoms with Crippen LogP contribution in [0.15, 0.2) is 35.3 Å².